The number of carbonyl (C=O) groups excluding carboxylic acids is 2. The van der Waals surface area contributed by atoms with Gasteiger partial charge >= 0.3 is 0 Å². The fraction of sp³-hybridized carbons (Fsp3) is 0.280. The van der Waals surface area contributed by atoms with Crippen molar-refractivity contribution in [1.29, 1.82) is 0 Å². The van der Waals surface area contributed by atoms with Gasteiger partial charge in [0.05, 0.1) is 52.2 Å². The number of anilines is 1. The van der Waals surface area contributed by atoms with Crippen LogP contribution in [-0.4, -0.2) is 57.8 Å². The molecule has 0 radical (unpaired) electrons. The van der Waals surface area contributed by atoms with Gasteiger partial charge in [-0.25, -0.2) is 9.67 Å². The van der Waals surface area contributed by atoms with Crippen molar-refractivity contribution >= 4 is 39.9 Å². The summed E-state index contributed by atoms with van der Waals surface area (Å²) in [6, 6.07) is 12.9. The second-order valence-corrected chi connectivity index (χ2v) is 9.30. The Hall–Kier alpha value is -3.56. The number of rotatable bonds is 5. The number of pyridine rings is 1. The molecule has 34 heavy (non-hydrogen) atoms. The standard InChI is InChI=1S/C25H25N5O3S/c1-16(2)30-23-19(15-26-30)18(14-21(27-23)22-8-5-13-34-22)24(31)28-20-7-4-3-6-17(20)25(32)29-9-11-33-12-10-29/h3-8,13-16H,9-12H2,1-2H3,(H,28,31). The Labute approximate surface area is 201 Å². The molecule has 0 aliphatic carbocycles. The predicted octanol–water partition coefficient (Wildman–Crippen LogP) is 4.47. The summed E-state index contributed by atoms with van der Waals surface area (Å²) < 4.78 is 7.18. The molecule has 174 valence electrons. The van der Waals surface area contributed by atoms with Crippen LogP contribution in [0.15, 0.2) is 54.0 Å². The number of nitrogens with one attached hydrogen (secondary N) is 1. The zero-order chi connectivity index (χ0) is 23.7. The molecule has 4 heterocycles. The molecule has 1 N–H and O–H groups in total. The lowest BCUT2D eigenvalue weighted by atomic mass is 10.1. The number of hydrogen-bond acceptors (Lipinski definition) is 6. The predicted molar refractivity (Wildman–Crippen MR) is 132 cm³/mol. The SMILES string of the molecule is CC(C)n1ncc2c(C(=O)Nc3ccccc3C(=O)N3CCOCC3)cc(-c3cccs3)nc21. The number of aromatic nitrogens is 3. The van der Waals surface area contributed by atoms with Crippen molar-refractivity contribution < 1.29 is 14.3 Å². The van der Waals surface area contributed by atoms with Crippen molar-refractivity contribution in [2.75, 3.05) is 31.6 Å². The van der Waals surface area contributed by atoms with E-state index in [1.165, 1.54) is 0 Å². The molecule has 4 aromatic rings. The normalized spacial score (nSPS) is 14.0. The highest BCUT2D eigenvalue weighted by molar-refractivity contribution is 7.13. The van der Waals surface area contributed by atoms with Crippen LogP contribution in [0.5, 0.6) is 0 Å². The highest BCUT2D eigenvalue weighted by Crippen LogP contribution is 2.30. The van der Waals surface area contributed by atoms with Gasteiger partial charge in [0.15, 0.2) is 5.65 Å². The number of carbonyl (C=O) groups is 2. The first-order chi connectivity index (χ1) is 16.5. The third kappa shape index (κ3) is 4.20. The molecule has 0 spiro atoms. The van der Waals surface area contributed by atoms with E-state index in [0.29, 0.717) is 59.8 Å². The second kappa shape index (κ2) is 9.36. The molecule has 8 nitrogen and oxygen atoms in total. The molecule has 0 unspecified atom stereocenters. The van der Waals surface area contributed by atoms with Gasteiger partial charge in [0.1, 0.15) is 0 Å². The van der Waals surface area contributed by atoms with Crippen LogP contribution in [0.25, 0.3) is 21.6 Å². The van der Waals surface area contributed by atoms with Crippen molar-refractivity contribution in [3.05, 3.63) is 65.2 Å². The Kier molecular flexibility index (Phi) is 6.12. The maximum Gasteiger partial charge on any atom is 0.256 e. The number of morpholine rings is 1. The van der Waals surface area contributed by atoms with Crippen LogP contribution < -0.4 is 5.32 Å². The van der Waals surface area contributed by atoms with E-state index in [1.807, 2.05) is 42.1 Å². The summed E-state index contributed by atoms with van der Waals surface area (Å²) in [6.45, 7) is 6.15. The Morgan fingerprint density at radius 3 is 2.62 bits per heavy atom. The number of fused-ring (bicyclic) bond motifs is 1. The average molecular weight is 476 g/mol. The lowest BCUT2D eigenvalue weighted by molar-refractivity contribution is 0.0303. The molecule has 1 aliphatic heterocycles. The van der Waals surface area contributed by atoms with E-state index in [2.05, 4.69) is 10.4 Å². The Morgan fingerprint density at radius 2 is 1.88 bits per heavy atom. The van der Waals surface area contributed by atoms with Crippen molar-refractivity contribution in [2.24, 2.45) is 0 Å². The van der Waals surface area contributed by atoms with Crippen LogP contribution in [0.2, 0.25) is 0 Å². The van der Waals surface area contributed by atoms with E-state index < -0.39 is 0 Å². The van der Waals surface area contributed by atoms with E-state index in [-0.39, 0.29) is 17.9 Å². The largest absolute Gasteiger partial charge is 0.378 e. The number of nitrogens with zero attached hydrogens (tertiary/aromatic N) is 4. The fourth-order valence-electron chi connectivity index (χ4n) is 4.04. The molecule has 1 saturated heterocycles. The first-order valence-electron chi connectivity index (χ1n) is 11.2. The fourth-order valence-corrected chi connectivity index (χ4v) is 4.73. The monoisotopic (exact) mass is 475 g/mol. The van der Waals surface area contributed by atoms with Gasteiger partial charge < -0.3 is 15.0 Å². The smallest absolute Gasteiger partial charge is 0.256 e. The molecule has 3 aromatic heterocycles. The molecular weight excluding hydrogens is 450 g/mol. The summed E-state index contributed by atoms with van der Waals surface area (Å²) in [4.78, 5) is 34.2. The molecular formula is C25H25N5O3S. The van der Waals surface area contributed by atoms with E-state index in [0.717, 1.165) is 4.88 Å². The van der Waals surface area contributed by atoms with Crippen molar-refractivity contribution in [2.45, 2.75) is 19.9 Å². The molecule has 1 fully saturated rings. The first-order valence-corrected chi connectivity index (χ1v) is 12.1. The number of amides is 2. The van der Waals surface area contributed by atoms with E-state index in [9.17, 15) is 9.59 Å². The minimum atomic E-state index is -0.310. The summed E-state index contributed by atoms with van der Waals surface area (Å²) in [6.07, 6.45) is 1.68. The van der Waals surface area contributed by atoms with Gasteiger partial charge in [-0.2, -0.15) is 5.10 Å². The van der Waals surface area contributed by atoms with Crippen LogP contribution in [-0.2, 0) is 4.74 Å². The molecule has 1 aromatic carbocycles. The quantitative estimate of drug-likeness (QED) is 0.460. The van der Waals surface area contributed by atoms with Crippen LogP contribution in [0.4, 0.5) is 5.69 Å². The number of ether oxygens (including phenoxy) is 1. The molecule has 5 rings (SSSR count). The maximum atomic E-state index is 13.6. The van der Waals surface area contributed by atoms with Crippen LogP contribution in [0, 0.1) is 0 Å². The van der Waals surface area contributed by atoms with Gasteiger partial charge in [-0.3, -0.25) is 9.59 Å². The number of hydrogen-bond donors (Lipinski definition) is 1. The number of benzene rings is 1. The Balaban J connectivity index is 1.53. The maximum absolute atomic E-state index is 13.6. The zero-order valence-corrected chi connectivity index (χ0v) is 19.8. The van der Waals surface area contributed by atoms with Crippen molar-refractivity contribution in [1.82, 2.24) is 19.7 Å². The molecule has 0 saturated carbocycles. The van der Waals surface area contributed by atoms with Crippen LogP contribution in [0.3, 0.4) is 0 Å². The third-order valence-electron chi connectivity index (χ3n) is 5.78. The molecule has 2 amide bonds. The van der Waals surface area contributed by atoms with Gasteiger partial charge in [0.25, 0.3) is 11.8 Å². The van der Waals surface area contributed by atoms with E-state index >= 15 is 0 Å². The van der Waals surface area contributed by atoms with Gasteiger partial charge in [0, 0.05) is 19.1 Å². The summed E-state index contributed by atoms with van der Waals surface area (Å²) >= 11 is 1.56. The summed E-state index contributed by atoms with van der Waals surface area (Å²) in [5.41, 5.74) is 2.77. The molecule has 0 bridgehead atoms. The van der Waals surface area contributed by atoms with Gasteiger partial charge in [0.2, 0.25) is 0 Å². The minimum absolute atomic E-state index is 0.0892. The number of thiophene rings is 1. The number of para-hydroxylation sites is 1. The summed E-state index contributed by atoms with van der Waals surface area (Å²) in [5.74, 6) is -0.429. The minimum Gasteiger partial charge on any atom is -0.378 e. The van der Waals surface area contributed by atoms with Crippen LogP contribution >= 0.6 is 11.3 Å². The van der Waals surface area contributed by atoms with Gasteiger partial charge in [-0.1, -0.05) is 18.2 Å². The molecule has 1 aliphatic rings. The summed E-state index contributed by atoms with van der Waals surface area (Å²) in [7, 11) is 0. The van der Waals surface area contributed by atoms with E-state index in [4.69, 9.17) is 9.72 Å². The Bertz CT molecular complexity index is 1340. The second-order valence-electron chi connectivity index (χ2n) is 8.36. The third-order valence-corrected chi connectivity index (χ3v) is 6.67. The highest BCUT2D eigenvalue weighted by Gasteiger charge is 2.23. The molecule has 9 heteroatoms. The molecule has 0 atom stereocenters. The van der Waals surface area contributed by atoms with Crippen molar-refractivity contribution in [3.8, 4) is 10.6 Å². The Morgan fingerprint density at radius 1 is 1.09 bits per heavy atom. The van der Waals surface area contributed by atoms with Crippen molar-refractivity contribution in [3.63, 3.8) is 0 Å². The topological polar surface area (TPSA) is 89.4 Å². The van der Waals surface area contributed by atoms with E-state index in [1.54, 1.807) is 46.7 Å². The lowest BCUT2D eigenvalue weighted by Crippen LogP contribution is -2.41. The summed E-state index contributed by atoms with van der Waals surface area (Å²) in [5, 5.41) is 10.1. The highest BCUT2D eigenvalue weighted by atomic mass is 32.1. The average Bonchev–Trinajstić information content (AvgIpc) is 3.54. The first kappa shape index (κ1) is 22.2. The zero-order valence-electron chi connectivity index (χ0n) is 19.0. The van der Waals surface area contributed by atoms with Gasteiger partial charge in [-0.05, 0) is 43.5 Å². The van der Waals surface area contributed by atoms with Gasteiger partial charge in [-0.15, -0.1) is 11.3 Å². The van der Waals surface area contributed by atoms with Crippen LogP contribution in [0.1, 0.15) is 40.6 Å². The lowest BCUT2D eigenvalue weighted by Gasteiger charge is -2.27.